The van der Waals surface area contributed by atoms with E-state index in [1.165, 1.54) is 49.6 Å². The minimum atomic E-state index is -0.551. The quantitative estimate of drug-likeness (QED) is 0.501. The number of benzene rings is 1. The molecule has 1 aliphatic heterocycles. The molecule has 3 rings (SSSR count). The van der Waals surface area contributed by atoms with E-state index in [2.05, 4.69) is 27.5 Å². The van der Waals surface area contributed by atoms with Gasteiger partial charge in [0.2, 0.25) is 5.91 Å². The second-order valence-electron chi connectivity index (χ2n) is 8.08. The lowest BCUT2D eigenvalue weighted by atomic mass is 9.85. The number of methoxy groups -OCH3 is 1. The lowest BCUT2D eigenvalue weighted by molar-refractivity contribution is -0.128. The first-order valence-electron chi connectivity index (χ1n) is 10.8. The van der Waals surface area contributed by atoms with Crippen LogP contribution in [0.15, 0.2) is 24.3 Å². The molecule has 166 valence electrons. The summed E-state index contributed by atoms with van der Waals surface area (Å²) in [5, 5.41) is 6.29. The van der Waals surface area contributed by atoms with E-state index in [9.17, 15) is 9.59 Å². The predicted octanol–water partition coefficient (Wildman–Crippen LogP) is 3.12. The molecule has 30 heavy (non-hydrogen) atoms. The Kier molecular flexibility index (Phi) is 9.21. The highest BCUT2D eigenvalue weighted by molar-refractivity contribution is 7.99. The molecule has 2 aliphatic rings. The first kappa shape index (κ1) is 23.3. The van der Waals surface area contributed by atoms with Crippen LogP contribution < -0.4 is 20.1 Å². The van der Waals surface area contributed by atoms with E-state index < -0.39 is 6.04 Å². The van der Waals surface area contributed by atoms with Crippen molar-refractivity contribution in [1.29, 1.82) is 0 Å². The highest BCUT2D eigenvalue weighted by Gasteiger charge is 2.28. The Morgan fingerprint density at radius 3 is 2.60 bits per heavy atom. The maximum atomic E-state index is 12.6. The van der Waals surface area contributed by atoms with Crippen LogP contribution in [0, 0.1) is 5.92 Å². The van der Waals surface area contributed by atoms with Gasteiger partial charge in [-0.05, 0) is 61.7 Å². The van der Waals surface area contributed by atoms with E-state index >= 15 is 0 Å². The predicted molar refractivity (Wildman–Crippen MR) is 125 cm³/mol. The summed E-state index contributed by atoms with van der Waals surface area (Å²) in [6.45, 7) is 1.75. The Hall–Kier alpha value is -1.38. The Labute approximate surface area is 188 Å². The number of hydrogen-bond acceptors (Lipinski definition) is 6. The molecule has 0 radical (unpaired) electrons. The minimum absolute atomic E-state index is 0.102. The van der Waals surface area contributed by atoms with Gasteiger partial charge in [-0.3, -0.25) is 19.6 Å². The first-order chi connectivity index (χ1) is 14.6. The van der Waals surface area contributed by atoms with Gasteiger partial charge in [0.25, 0.3) is 5.91 Å². The number of ether oxygens (including phenoxy) is 1. The molecule has 6 nitrogen and oxygen atoms in total. The van der Waals surface area contributed by atoms with Crippen molar-refractivity contribution in [3.8, 4) is 5.75 Å². The lowest BCUT2D eigenvalue weighted by Gasteiger charge is -2.30. The van der Waals surface area contributed by atoms with E-state index in [1.54, 1.807) is 25.8 Å². The molecule has 0 aromatic heterocycles. The molecular formula is C22H33N3O3S2. The number of rotatable bonds is 9. The lowest BCUT2D eigenvalue weighted by Crippen LogP contribution is -2.50. The summed E-state index contributed by atoms with van der Waals surface area (Å²) in [6.07, 6.45) is 7.15. The van der Waals surface area contributed by atoms with Gasteiger partial charge in [-0.15, -0.1) is 11.8 Å². The zero-order valence-corrected chi connectivity index (χ0v) is 19.4. The SMILES string of the molecule is COc1ccc(CC(SNC(=O)[C@@H](C)NC(=O)[C@@H]2CSCN2)C2CCCCC2)cc1. The van der Waals surface area contributed by atoms with Crippen LogP contribution in [0.1, 0.15) is 44.6 Å². The Bertz CT molecular complexity index is 689. The molecule has 1 unspecified atom stereocenters. The summed E-state index contributed by atoms with van der Waals surface area (Å²) < 4.78 is 8.29. The maximum absolute atomic E-state index is 12.6. The molecule has 0 spiro atoms. The van der Waals surface area contributed by atoms with Crippen molar-refractivity contribution in [1.82, 2.24) is 15.4 Å². The van der Waals surface area contributed by atoms with Crippen molar-refractivity contribution in [2.45, 2.75) is 62.8 Å². The summed E-state index contributed by atoms with van der Waals surface area (Å²) in [6, 6.07) is 7.43. The number of amides is 2. The number of carbonyl (C=O) groups excluding carboxylic acids is 2. The Balaban J connectivity index is 1.54. The zero-order valence-electron chi connectivity index (χ0n) is 17.8. The standard InChI is InChI=1S/C22H33N3O3S2/c1-15(24-22(27)19-13-29-14-23-19)21(26)25-30-20(17-6-4-3-5-7-17)12-16-8-10-18(28-2)11-9-16/h8-11,15,17,19-20,23H,3-7,12-14H2,1-2H3,(H,24,27)(H,25,26)/t15-,19+,20?/m1/s1. The summed E-state index contributed by atoms with van der Waals surface area (Å²) in [4.78, 5) is 24.9. The summed E-state index contributed by atoms with van der Waals surface area (Å²) >= 11 is 3.22. The molecule has 0 bridgehead atoms. The van der Waals surface area contributed by atoms with Gasteiger partial charge in [0.1, 0.15) is 11.8 Å². The van der Waals surface area contributed by atoms with E-state index in [-0.39, 0.29) is 17.9 Å². The molecule has 8 heteroatoms. The van der Waals surface area contributed by atoms with Crippen LogP contribution in [0.5, 0.6) is 5.75 Å². The molecular weight excluding hydrogens is 418 g/mol. The van der Waals surface area contributed by atoms with Crippen LogP contribution in [0.3, 0.4) is 0 Å². The smallest absolute Gasteiger partial charge is 0.252 e. The van der Waals surface area contributed by atoms with Crippen LogP contribution >= 0.6 is 23.7 Å². The summed E-state index contributed by atoms with van der Waals surface area (Å²) in [5.74, 6) is 2.73. The van der Waals surface area contributed by atoms with Gasteiger partial charge in [0.05, 0.1) is 13.2 Å². The monoisotopic (exact) mass is 451 g/mol. The highest BCUT2D eigenvalue weighted by atomic mass is 32.2. The number of thioether (sulfide) groups is 1. The molecule has 1 saturated carbocycles. The fourth-order valence-electron chi connectivity index (χ4n) is 3.97. The van der Waals surface area contributed by atoms with Gasteiger partial charge in [-0.25, -0.2) is 0 Å². The second kappa shape index (κ2) is 11.9. The number of hydrogen-bond donors (Lipinski definition) is 3. The van der Waals surface area contributed by atoms with Gasteiger partial charge in [0, 0.05) is 16.9 Å². The molecule has 1 heterocycles. The van der Waals surface area contributed by atoms with Crippen molar-refractivity contribution >= 4 is 35.5 Å². The average Bonchev–Trinajstić information content (AvgIpc) is 3.32. The number of nitrogens with one attached hydrogen (secondary N) is 3. The maximum Gasteiger partial charge on any atom is 0.252 e. The molecule has 2 fully saturated rings. The molecule has 1 aliphatic carbocycles. The molecule has 1 aromatic carbocycles. The third-order valence-electron chi connectivity index (χ3n) is 5.87. The van der Waals surface area contributed by atoms with Crippen LogP contribution in [0.4, 0.5) is 0 Å². The average molecular weight is 452 g/mol. The van der Waals surface area contributed by atoms with Crippen LogP contribution in [0.25, 0.3) is 0 Å². The number of carbonyl (C=O) groups is 2. The molecule has 1 saturated heterocycles. The van der Waals surface area contributed by atoms with Gasteiger partial charge in [-0.2, -0.15) is 0 Å². The van der Waals surface area contributed by atoms with Crippen molar-refractivity contribution < 1.29 is 14.3 Å². The van der Waals surface area contributed by atoms with Gasteiger partial charge in [-0.1, -0.05) is 31.4 Å². The van der Waals surface area contributed by atoms with Crippen molar-refractivity contribution in [3.63, 3.8) is 0 Å². The van der Waals surface area contributed by atoms with E-state index in [1.807, 2.05) is 12.1 Å². The van der Waals surface area contributed by atoms with Crippen molar-refractivity contribution in [3.05, 3.63) is 29.8 Å². The second-order valence-corrected chi connectivity index (χ2v) is 10.2. The highest BCUT2D eigenvalue weighted by Crippen LogP contribution is 2.34. The van der Waals surface area contributed by atoms with Crippen LogP contribution in [-0.2, 0) is 16.0 Å². The van der Waals surface area contributed by atoms with E-state index in [0.717, 1.165) is 23.8 Å². The summed E-state index contributed by atoms with van der Waals surface area (Å²) in [5.41, 5.74) is 1.25. The van der Waals surface area contributed by atoms with Crippen molar-refractivity contribution in [2.75, 3.05) is 18.7 Å². The van der Waals surface area contributed by atoms with Gasteiger partial charge in [0.15, 0.2) is 0 Å². The molecule has 2 amide bonds. The van der Waals surface area contributed by atoms with E-state index in [4.69, 9.17) is 4.74 Å². The van der Waals surface area contributed by atoms with Crippen molar-refractivity contribution in [2.24, 2.45) is 5.92 Å². The van der Waals surface area contributed by atoms with Crippen LogP contribution in [-0.4, -0.2) is 47.9 Å². The van der Waals surface area contributed by atoms with Gasteiger partial charge >= 0.3 is 0 Å². The topological polar surface area (TPSA) is 79.5 Å². The zero-order chi connectivity index (χ0) is 21.3. The normalized spacial score (nSPS) is 21.6. The Morgan fingerprint density at radius 2 is 1.97 bits per heavy atom. The third kappa shape index (κ3) is 6.82. The van der Waals surface area contributed by atoms with E-state index in [0.29, 0.717) is 11.2 Å². The molecule has 1 aromatic rings. The van der Waals surface area contributed by atoms with Crippen LogP contribution in [0.2, 0.25) is 0 Å². The van der Waals surface area contributed by atoms with Gasteiger partial charge < -0.3 is 10.1 Å². The first-order valence-corrected chi connectivity index (χ1v) is 12.8. The fourth-order valence-corrected chi connectivity index (χ4v) is 6.10. The third-order valence-corrected chi connectivity index (χ3v) is 7.98. The Morgan fingerprint density at radius 1 is 1.23 bits per heavy atom. The summed E-state index contributed by atoms with van der Waals surface area (Å²) in [7, 11) is 1.67. The largest absolute Gasteiger partial charge is 0.497 e. The minimum Gasteiger partial charge on any atom is -0.497 e. The molecule has 3 atom stereocenters. The molecule has 3 N–H and O–H groups in total. The fraction of sp³-hybridized carbons (Fsp3) is 0.636.